The lowest BCUT2D eigenvalue weighted by atomic mass is 9.84. The Labute approximate surface area is 247 Å². The minimum Gasteiger partial charge on any atom is -0.399 e. The van der Waals surface area contributed by atoms with Crippen molar-refractivity contribution in [1.82, 2.24) is 0 Å². The van der Waals surface area contributed by atoms with Crippen LogP contribution in [0.3, 0.4) is 0 Å². The number of ether oxygens (including phenoxy) is 6. The first-order valence-corrected chi connectivity index (χ1v) is 14.1. The molecule has 1 aliphatic carbocycles. The van der Waals surface area contributed by atoms with Crippen molar-refractivity contribution in [3.8, 4) is 0 Å². The largest absolute Gasteiger partial charge is 0.399 e. The van der Waals surface area contributed by atoms with Crippen molar-refractivity contribution in [2.45, 2.75) is 130 Å². The number of nitrogens with zero attached hydrogens (tertiary/aromatic N) is 1. The molecule has 250 valence electrons. The predicted molar refractivity (Wildman–Crippen MR) is 143 cm³/mol. The van der Waals surface area contributed by atoms with E-state index in [0.717, 1.165) is 0 Å². The van der Waals surface area contributed by atoms with Gasteiger partial charge in [0, 0.05) is 18.6 Å². The second kappa shape index (κ2) is 14.5. The summed E-state index contributed by atoms with van der Waals surface area (Å²) in [6, 6.07) is -4.06. The number of nitrogens with two attached hydrogens (primary N) is 5. The number of rotatable bonds is 9. The van der Waals surface area contributed by atoms with Gasteiger partial charge in [0.05, 0.1) is 30.5 Å². The molecular formula is C24H46N6O13. The Morgan fingerprint density at radius 1 is 0.698 bits per heavy atom. The van der Waals surface area contributed by atoms with Crippen LogP contribution in [-0.4, -0.2) is 167 Å². The zero-order chi connectivity index (χ0) is 31.7. The average Bonchev–Trinajstić information content (AvgIpc) is 3.27. The molecule has 43 heavy (non-hydrogen) atoms. The molecule has 4 fully saturated rings. The van der Waals surface area contributed by atoms with Crippen LogP contribution in [0.2, 0.25) is 0 Å². The van der Waals surface area contributed by atoms with E-state index in [-0.39, 0.29) is 13.0 Å². The third-order valence-electron chi connectivity index (χ3n) is 8.35. The Balaban J connectivity index is 1.53. The predicted octanol–water partition coefficient (Wildman–Crippen LogP) is -7.19. The summed E-state index contributed by atoms with van der Waals surface area (Å²) in [6.45, 7) is 1.37. The van der Waals surface area contributed by atoms with E-state index in [2.05, 4.69) is 5.16 Å². The first-order chi connectivity index (χ1) is 20.3. The quantitative estimate of drug-likeness (QED) is 0.0836. The fourth-order valence-electron chi connectivity index (χ4n) is 5.69. The third-order valence-corrected chi connectivity index (χ3v) is 8.35. The molecule has 0 unspecified atom stereocenters. The zero-order valence-electron chi connectivity index (χ0n) is 23.8. The summed E-state index contributed by atoms with van der Waals surface area (Å²) in [5.41, 5.74) is 30.2. The minimum atomic E-state index is -1.57. The van der Waals surface area contributed by atoms with Crippen molar-refractivity contribution < 1.29 is 63.9 Å². The van der Waals surface area contributed by atoms with E-state index in [4.69, 9.17) is 61.9 Å². The molecule has 0 aromatic rings. The van der Waals surface area contributed by atoms with Crippen molar-refractivity contribution in [3.05, 3.63) is 0 Å². The van der Waals surface area contributed by atoms with Gasteiger partial charge in [-0.15, -0.1) is 0 Å². The number of hydrogen-bond donors (Lipinski definition) is 11. The molecule has 3 heterocycles. The van der Waals surface area contributed by atoms with E-state index in [1.807, 2.05) is 0 Å². The van der Waals surface area contributed by atoms with Gasteiger partial charge in [0.15, 0.2) is 18.9 Å². The van der Waals surface area contributed by atoms with Crippen LogP contribution < -0.4 is 28.7 Å². The highest BCUT2D eigenvalue weighted by atomic mass is 16.8. The molecule has 4 rings (SSSR count). The Hall–Kier alpha value is -1.21. The Bertz CT molecular complexity index is 927. The Kier molecular flexibility index (Phi) is 11.7. The van der Waals surface area contributed by atoms with Crippen LogP contribution in [0.5, 0.6) is 0 Å². The summed E-state index contributed by atoms with van der Waals surface area (Å²) in [5.74, 6) is 0. The van der Waals surface area contributed by atoms with Crippen LogP contribution in [0.15, 0.2) is 5.16 Å². The summed E-state index contributed by atoms with van der Waals surface area (Å²) in [4.78, 5) is 4.74. The molecule has 0 amide bonds. The van der Waals surface area contributed by atoms with Gasteiger partial charge in [-0.3, -0.25) is 0 Å². The molecule has 19 atom stereocenters. The fraction of sp³-hybridized carbons (Fsp3) is 0.958. The highest BCUT2D eigenvalue weighted by Gasteiger charge is 2.54. The maximum Gasteiger partial charge on any atom is 0.187 e. The monoisotopic (exact) mass is 626 g/mol. The van der Waals surface area contributed by atoms with Gasteiger partial charge < -0.3 is 92.6 Å². The minimum absolute atomic E-state index is 0.116. The van der Waals surface area contributed by atoms with E-state index in [1.165, 1.54) is 20.2 Å². The second-order valence-corrected chi connectivity index (χ2v) is 11.4. The summed E-state index contributed by atoms with van der Waals surface area (Å²) in [5, 5.41) is 67.0. The van der Waals surface area contributed by atoms with Gasteiger partial charge in [0.1, 0.15) is 68.1 Å². The van der Waals surface area contributed by atoms with E-state index in [9.17, 15) is 30.6 Å². The van der Waals surface area contributed by atoms with Gasteiger partial charge in [-0.2, -0.15) is 0 Å². The smallest absolute Gasteiger partial charge is 0.187 e. The lowest BCUT2D eigenvalue weighted by molar-refractivity contribution is -0.305. The molecule has 19 heteroatoms. The van der Waals surface area contributed by atoms with Crippen LogP contribution in [0.1, 0.15) is 13.3 Å². The molecule has 0 bridgehead atoms. The van der Waals surface area contributed by atoms with E-state index >= 15 is 0 Å². The van der Waals surface area contributed by atoms with Gasteiger partial charge >= 0.3 is 0 Å². The van der Waals surface area contributed by atoms with Crippen LogP contribution in [-0.2, 0) is 33.3 Å². The molecule has 0 aromatic heterocycles. The van der Waals surface area contributed by atoms with Gasteiger partial charge in [-0.1, -0.05) is 5.16 Å². The van der Waals surface area contributed by atoms with Crippen LogP contribution in [0.25, 0.3) is 0 Å². The number of aliphatic hydroxyl groups is 6. The molecule has 0 aromatic carbocycles. The normalized spacial score (nSPS) is 52.9. The van der Waals surface area contributed by atoms with Gasteiger partial charge in [0.25, 0.3) is 0 Å². The van der Waals surface area contributed by atoms with Crippen molar-refractivity contribution >= 4 is 6.21 Å². The van der Waals surface area contributed by atoms with Crippen LogP contribution in [0, 0.1) is 0 Å². The van der Waals surface area contributed by atoms with E-state index < -0.39 is 116 Å². The first-order valence-electron chi connectivity index (χ1n) is 14.1. The highest BCUT2D eigenvalue weighted by Crippen LogP contribution is 2.34. The highest BCUT2D eigenvalue weighted by molar-refractivity contribution is 5.64. The summed E-state index contributed by atoms with van der Waals surface area (Å²) in [6.07, 6.45) is -17.8. The van der Waals surface area contributed by atoms with Crippen molar-refractivity contribution in [2.75, 3.05) is 13.7 Å². The first kappa shape index (κ1) is 34.7. The van der Waals surface area contributed by atoms with Crippen LogP contribution >= 0.6 is 0 Å². The number of hydrogen-bond acceptors (Lipinski definition) is 19. The lowest BCUT2D eigenvalue weighted by Crippen LogP contribution is -2.67. The molecule has 0 spiro atoms. The molecule has 0 radical (unpaired) electrons. The maximum absolute atomic E-state index is 11.3. The van der Waals surface area contributed by atoms with Gasteiger partial charge in [0.2, 0.25) is 0 Å². The van der Waals surface area contributed by atoms with Crippen molar-refractivity contribution in [2.24, 2.45) is 33.8 Å². The average molecular weight is 627 g/mol. The Morgan fingerprint density at radius 3 is 1.91 bits per heavy atom. The van der Waals surface area contributed by atoms with Gasteiger partial charge in [-0.25, -0.2) is 0 Å². The van der Waals surface area contributed by atoms with E-state index in [1.54, 1.807) is 0 Å². The molecule has 16 N–H and O–H groups in total. The topological polar surface area (TPSA) is 328 Å². The van der Waals surface area contributed by atoms with Gasteiger partial charge in [-0.05, 0) is 13.3 Å². The number of aliphatic hydroxyl groups excluding tert-OH is 6. The molecule has 1 saturated carbocycles. The fourth-order valence-corrected chi connectivity index (χ4v) is 5.69. The molecule has 3 aliphatic heterocycles. The number of oxime groups is 1. The van der Waals surface area contributed by atoms with Crippen LogP contribution in [0.4, 0.5) is 0 Å². The SMILES string of the molecule is CO/N=C/[C@H]1O[C@@H](O[C@@H]2[C@@H](O)[C@H](N)C[C@H](N)[C@H]2O[C@H]2O[C@H](C)[C@@H](O)[C@H](O)[C@H]2N)[C@H](O)[C@@H]1O[C@H]1O[C@@H](CN)[C@@H](O)[C@H](O)[C@H]1N. The summed E-state index contributed by atoms with van der Waals surface area (Å²) in [7, 11) is 1.29. The summed E-state index contributed by atoms with van der Waals surface area (Å²) >= 11 is 0. The molecule has 4 aliphatic rings. The lowest BCUT2D eigenvalue weighted by Gasteiger charge is -2.47. The van der Waals surface area contributed by atoms with Crippen molar-refractivity contribution in [1.29, 1.82) is 0 Å². The van der Waals surface area contributed by atoms with E-state index in [0.29, 0.717) is 0 Å². The van der Waals surface area contributed by atoms with Crippen molar-refractivity contribution in [3.63, 3.8) is 0 Å². The molecule has 19 nitrogen and oxygen atoms in total. The third kappa shape index (κ3) is 7.13. The second-order valence-electron chi connectivity index (χ2n) is 11.4. The molecule has 3 saturated heterocycles. The molecular weight excluding hydrogens is 580 g/mol. The standard InChI is InChI=1S/C24H46N6O13/c1-6-13(31)16(34)11(28)22(38-6)41-19-8(27)3-7(26)14(32)21(19)43-24-18(36)20(10(40-24)5-30-37-2)42-23-12(29)17(35)15(33)9(4-25)39-23/h5-24,31-36H,3-4,25-29H2,1-2H3/b30-5+/t6-,7-,8+,9+,10-,11-,12-,13-,14+,15-,16-,17-,18-,19-,20-,21-,22-,23-,24+/m1/s1. The maximum atomic E-state index is 11.3. The Morgan fingerprint density at radius 2 is 1.28 bits per heavy atom. The summed E-state index contributed by atoms with van der Waals surface area (Å²) < 4.78 is 35.1. The zero-order valence-corrected chi connectivity index (χ0v) is 23.8.